The van der Waals surface area contributed by atoms with Gasteiger partial charge in [-0.05, 0) is 30.9 Å². The average Bonchev–Trinajstić information content (AvgIpc) is 2.34. The zero-order chi connectivity index (χ0) is 13.6. The van der Waals surface area contributed by atoms with Gasteiger partial charge >= 0.3 is 5.97 Å². The lowest BCUT2D eigenvalue weighted by atomic mass is 9.75. The summed E-state index contributed by atoms with van der Waals surface area (Å²) in [5.41, 5.74) is -0.152. The third-order valence-corrected chi connectivity index (χ3v) is 3.44. The van der Waals surface area contributed by atoms with Gasteiger partial charge in [-0.2, -0.15) is 0 Å². The summed E-state index contributed by atoms with van der Waals surface area (Å²) in [7, 11) is 0. The van der Waals surface area contributed by atoms with Crippen LogP contribution in [0.15, 0.2) is 18.5 Å². The molecule has 0 amide bonds. The molecule has 0 aliphatic heterocycles. The molecule has 1 atom stereocenters. The standard InChI is InChI=1S/C14H20FNO2/c1-3-5-6-14(4-2,13(17)18)8-11-7-12(15)10-16-9-11/h7,9-10H,3-6,8H2,1-2H3,(H,17,18). The number of rotatable bonds is 7. The van der Waals surface area contributed by atoms with Crippen LogP contribution in [0.5, 0.6) is 0 Å². The zero-order valence-electron chi connectivity index (χ0n) is 10.9. The summed E-state index contributed by atoms with van der Waals surface area (Å²) in [6, 6.07) is 1.37. The van der Waals surface area contributed by atoms with E-state index in [2.05, 4.69) is 4.98 Å². The number of carboxylic acids is 1. The molecule has 0 spiro atoms. The molecule has 1 N–H and O–H groups in total. The largest absolute Gasteiger partial charge is 0.481 e. The van der Waals surface area contributed by atoms with Gasteiger partial charge in [-0.25, -0.2) is 4.39 Å². The van der Waals surface area contributed by atoms with E-state index in [0.717, 1.165) is 19.0 Å². The number of nitrogens with zero attached hydrogens (tertiary/aromatic N) is 1. The Morgan fingerprint density at radius 2 is 2.17 bits per heavy atom. The molecule has 0 radical (unpaired) electrons. The molecule has 1 aromatic rings. The Balaban J connectivity index is 2.93. The summed E-state index contributed by atoms with van der Waals surface area (Å²) in [4.78, 5) is 15.3. The minimum absolute atomic E-state index is 0.337. The molecular formula is C14H20FNO2. The third kappa shape index (κ3) is 3.52. The number of carbonyl (C=O) groups is 1. The molecule has 1 rings (SSSR count). The lowest BCUT2D eigenvalue weighted by Crippen LogP contribution is -2.33. The highest BCUT2D eigenvalue weighted by Crippen LogP contribution is 2.33. The monoisotopic (exact) mass is 253 g/mol. The molecule has 4 heteroatoms. The smallest absolute Gasteiger partial charge is 0.309 e. The highest BCUT2D eigenvalue weighted by Gasteiger charge is 2.36. The quantitative estimate of drug-likeness (QED) is 0.809. The molecule has 1 aromatic heterocycles. The first-order chi connectivity index (χ1) is 8.54. The van der Waals surface area contributed by atoms with Crippen molar-refractivity contribution in [1.29, 1.82) is 0 Å². The van der Waals surface area contributed by atoms with E-state index in [1.165, 1.54) is 6.07 Å². The second-order valence-corrected chi connectivity index (χ2v) is 4.73. The summed E-state index contributed by atoms with van der Waals surface area (Å²) >= 11 is 0. The fourth-order valence-electron chi connectivity index (χ4n) is 2.18. The molecule has 0 bridgehead atoms. The molecular weight excluding hydrogens is 233 g/mol. The van der Waals surface area contributed by atoms with Gasteiger partial charge in [0.25, 0.3) is 0 Å². The molecule has 0 saturated carbocycles. The lowest BCUT2D eigenvalue weighted by molar-refractivity contribution is -0.149. The minimum Gasteiger partial charge on any atom is -0.481 e. The van der Waals surface area contributed by atoms with E-state index in [-0.39, 0.29) is 0 Å². The number of hydrogen-bond acceptors (Lipinski definition) is 2. The summed E-state index contributed by atoms with van der Waals surface area (Å²) in [6.07, 6.45) is 5.99. The first-order valence-electron chi connectivity index (χ1n) is 6.37. The van der Waals surface area contributed by atoms with E-state index in [1.54, 1.807) is 6.20 Å². The van der Waals surface area contributed by atoms with Crippen molar-refractivity contribution >= 4 is 5.97 Å². The van der Waals surface area contributed by atoms with Gasteiger partial charge < -0.3 is 5.11 Å². The van der Waals surface area contributed by atoms with E-state index in [1.807, 2.05) is 13.8 Å². The maximum absolute atomic E-state index is 13.1. The number of aliphatic carboxylic acids is 1. The van der Waals surface area contributed by atoms with E-state index < -0.39 is 17.2 Å². The van der Waals surface area contributed by atoms with Crippen LogP contribution in [0, 0.1) is 11.2 Å². The molecule has 3 nitrogen and oxygen atoms in total. The SMILES string of the molecule is CCCCC(CC)(Cc1cncc(F)c1)C(=O)O. The predicted molar refractivity (Wildman–Crippen MR) is 67.8 cm³/mol. The van der Waals surface area contributed by atoms with E-state index >= 15 is 0 Å². The topological polar surface area (TPSA) is 50.2 Å². The Kier molecular flexibility index (Phi) is 5.25. The Morgan fingerprint density at radius 1 is 1.44 bits per heavy atom. The summed E-state index contributed by atoms with van der Waals surface area (Å²) < 4.78 is 13.1. The number of carboxylic acid groups (broad SMARTS) is 1. The number of pyridine rings is 1. The van der Waals surface area contributed by atoms with Crippen molar-refractivity contribution in [2.45, 2.75) is 46.0 Å². The van der Waals surface area contributed by atoms with Gasteiger partial charge in [0.2, 0.25) is 0 Å². The second-order valence-electron chi connectivity index (χ2n) is 4.73. The van der Waals surface area contributed by atoms with Gasteiger partial charge in [-0.1, -0.05) is 26.7 Å². The molecule has 0 saturated heterocycles. The Labute approximate surface area is 107 Å². The van der Waals surface area contributed by atoms with Crippen LogP contribution < -0.4 is 0 Å². The molecule has 0 aliphatic rings. The molecule has 0 aromatic carbocycles. The Morgan fingerprint density at radius 3 is 2.67 bits per heavy atom. The van der Waals surface area contributed by atoms with E-state index in [0.29, 0.717) is 24.8 Å². The summed E-state index contributed by atoms with van der Waals surface area (Å²) in [6.45, 7) is 3.91. The highest BCUT2D eigenvalue weighted by molar-refractivity contribution is 5.75. The van der Waals surface area contributed by atoms with Crippen LogP contribution in [0.4, 0.5) is 4.39 Å². The number of aromatic nitrogens is 1. The van der Waals surface area contributed by atoms with Crippen LogP contribution in [-0.4, -0.2) is 16.1 Å². The average molecular weight is 253 g/mol. The van der Waals surface area contributed by atoms with Crippen LogP contribution in [0.2, 0.25) is 0 Å². The van der Waals surface area contributed by atoms with Crippen molar-refractivity contribution in [1.82, 2.24) is 4.98 Å². The van der Waals surface area contributed by atoms with Crippen molar-refractivity contribution < 1.29 is 14.3 Å². The molecule has 100 valence electrons. The van der Waals surface area contributed by atoms with Crippen LogP contribution in [-0.2, 0) is 11.2 Å². The Bertz CT molecular complexity index is 409. The fraction of sp³-hybridized carbons (Fsp3) is 0.571. The van der Waals surface area contributed by atoms with E-state index in [9.17, 15) is 14.3 Å². The number of hydrogen-bond donors (Lipinski definition) is 1. The van der Waals surface area contributed by atoms with Crippen molar-refractivity contribution in [2.24, 2.45) is 5.41 Å². The highest BCUT2D eigenvalue weighted by atomic mass is 19.1. The van der Waals surface area contributed by atoms with Gasteiger partial charge in [0.1, 0.15) is 5.82 Å². The van der Waals surface area contributed by atoms with Crippen molar-refractivity contribution in [2.75, 3.05) is 0 Å². The maximum Gasteiger partial charge on any atom is 0.309 e. The van der Waals surface area contributed by atoms with E-state index in [4.69, 9.17) is 0 Å². The third-order valence-electron chi connectivity index (χ3n) is 3.44. The van der Waals surface area contributed by atoms with Gasteiger partial charge in [-0.3, -0.25) is 9.78 Å². The molecule has 0 fully saturated rings. The first-order valence-corrected chi connectivity index (χ1v) is 6.37. The van der Waals surface area contributed by atoms with Crippen LogP contribution >= 0.6 is 0 Å². The summed E-state index contributed by atoms with van der Waals surface area (Å²) in [5, 5.41) is 9.47. The van der Waals surface area contributed by atoms with Crippen LogP contribution in [0.3, 0.4) is 0 Å². The fourth-order valence-corrected chi connectivity index (χ4v) is 2.18. The predicted octanol–water partition coefficient (Wildman–Crippen LogP) is 3.43. The molecule has 1 heterocycles. The van der Waals surface area contributed by atoms with Gasteiger partial charge in [-0.15, -0.1) is 0 Å². The second kappa shape index (κ2) is 6.47. The van der Waals surface area contributed by atoms with Crippen LogP contribution in [0.1, 0.15) is 45.1 Å². The first kappa shape index (κ1) is 14.6. The molecule has 18 heavy (non-hydrogen) atoms. The normalized spacial score (nSPS) is 14.2. The van der Waals surface area contributed by atoms with Crippen molar-refractivity contribution in [3.05, 3.63) is 29.8 Å². The van der Waals surface area contributed by atoms with Crippen LogP contribution in [0.25, 0.3) is 0 Å². The maximum atomic E-state index is 13.1. The van der Waals surface area contributed by atoms with Crippen molar-refractivity contribution in [3.8, 4) is 0 Å². The lowest BCUT2D eigenvalue weighted by Gasteiger charge is -2.28. The summed E-state index contributed by atoms with van der Waals surface area (Å²) in [5.74, 6) is -1.22. The number of unbranched alkanes of at least 4 members (excludes halogenated alkanes) is 1. The van der Waals surface area contributed by atoms with Gasteiger partial charge in [0.15, 0.2) is 0 Å². The molecule has 1 unspecified atom stereocenters. The zero-order valence-corrected chi connectivity index (χ0v) is 10.9. The number of halogens is 1. The minimum atomic E-state index is -0.803. The van der Waals surface area contributed by atoms with Gasteiger partial charge in [0.05, 0.1) is 11.6 Å². The Hall–Kier alpha value is -1.45. The molecule has 0 aliphatic carbocycles. The van der Waals surface area contributed by atoms with Crippen molar-refractivity contribution in [3.63, 3.8) is 0 Å². The van der Waals surface area contributed by atoms with Gasteiger partial charge in [0, 0.05) is 6.20 Å².